The fourth-order valence-corrected chi connectivity index (χ4v) is 2.78. The Morgan fingerprint density at radius 3 is 2.62 bits per heavy atom. The van der Waals surface area contributed by atoms with Gasteiger partial charge in [-0.15, -0.1) is 0 Å². The zero-order chi connectivity index (χ0) is 16.9. The number of aryl methyl sites for hydroxylation is 1. The molecule has 120 valence electrons. The molecule has 1 heterocycles. The highest BCUT2D eigenvalue weighted by atomic mass is 79.9. The Hall–Kier alpha value is -2.59. The van der Waals surface area contributed by atoms with E-state index in [1.54, 1.807) is 6.08 Å². The molecule has 0 aliphatic heterocycles. The molecule has 1 N–H and O–H groups in total. The van der Waals surface area contributed by atoms with Gasteiger partial charge in [0.25, 0.3) is 0 Å². The maximum absolute atomic E-state index is 12.0. The number of rotatable bonds is 4. The van der Waals surface area contributed by atoms with E-state index in [0.717, 1.165) is 27.0 Å². The van der Waals surface area contributed by atoms with Gasteiger partial charge in [0.05, 0.1) is 0 Å². The lowest BCUT2D eigenvalue weighted by molar-refractivity contribution is -0.111. The van der Waals surface area contributed by atoms with Crippen LogP contribution in [0, 0.1) is 6.92 Å². The van der Waals surface area contributed by atoms with E-state index in [2.05, 4.69) is 21.2 Å². The maximum Gasteiger partial charge on any atom is 0.248 e. The summed E-state index contributed by atoms with van der Waals surface area (Å²) in [6.45, 7) is 1.95. The third-order valence-electron chi connectivity index (χ3n) is 3.53. The van der Waals surface area contributed by atoms with Crippen molar-refractivity contribution in [2.75, 3.05) is 5.32 Å². The van der Waals surface area contributed by atoms with Crippen LogP contribution in [0.25, 0.3) is 17.4 Å². The summed E-state index contributed by atoms with van der Waals surface area (Å²) in [5.41, 5.74) is 2.79. The van der Waals surface area contributed by atoms with Gasteiger partial charge in [0.15, 0.2) is 0 Å². The van der Waals surface area contributed by atoms with Crippen molar-refractivity contribution < 1.29 is 9.21 Å². The summed E-state index contributed by atoms with van der Waals surface area (Å²) in [4.78, 5) is 12.0. The number of amides is 1. The van der Waals surface area contributed by atoms with Gasteiger partial charge in [-0.1, -0.05) is 46.3 Å². The second-order valence-corrected chi connectivity index (χ2v) is 6.27. The molecule has 0 aliphatic carbocycles. The molecule has 4 heteroatoms. The van der Waals surface area contributed by atoms with E-state index in [4.69, 9.17) is 4.42 Å². The van der Waals surface area contributed by atoms with E-state index in [-0.39, 0.29) is 5.91 Å². The topological polar surface area (TPSA) is 42.2 Å². The summed E-state index contributed by atoms with van der Waals surface area (Å²) in [6, 6.07) is 19.3. The van der Waals surface area contributed by atoms with E-state index in [1.165, 1.54) is 6.08 Å². The molecule has 0 aliphatic rings. The minimum absolute atomic E-state index is 0.196. The standard InChI is InChI=1S/C20H16BrNO2/c1-14-13-16(21)7-10-18(14)22-20(23)12-9-17-8-11-19(24-17)15-5-3-2-4-6-15/h2-13H,1H3,(H,22,23)/b12-9+. The maximum atomic E-state index is 12.0. The summed E-state index contributed by atoms with van der Waals surface area (Å²) in [6.07, 6.45) is 3.13. The largest absolute Gasteiger partial charge is 0.457 e. The lowest BCUT2D eigenvalue weighted by Gasteiger charge is -2.06. The van der Waals surface area contributed by atoms with E-state index < -0.39 is 0 Å². The van der Waals surface area contributed by atoms with Crippen molar-refractivity contribution in [2.45, 2.75) is 6.92 Å². The van der Waals surface area contributed by atoms with E-state index in [0.29, 0.717) is 5.76 Å². The molecule has 3 rings (SSSR count). The van der Waals surface area contributed by atoms with Crippen LogP contribution in [0.2, 0.25) is 0 Å². The van der Waals surface area contributed by atoms with E-state index in [1.807, 2.05) is 67.6 Å². The monoisotopic (exact) mass is 381 g/mol. The number of nitrogens with one attached hydrogen (secondary N) is 1. The molecule has 3 aromatic rings. The molecule has 0 spiro atoms. The highest BCUT2D eigenvalue weighted by Gasteiger charge is 2.04. The molecule has 1 aromatic heterocycles. The zero-order valence-corrected chi connectivity index (χ0v) is 14.7. The number of hydrogen-bond acceptors (Lipinski definition) is 2. The molecule has 0 fully saturated rings. The minimum Gasteiger partial charge on any atom is -0.457 e. The smallest absolute Gasteiger partial charge is 0.248 e. The Labute approximate surface area is 149 Å². The molecule has 0 saturated carbocycles. The molecular weight excluding hydrogens is 366 g/mol. The third-order valence-corrected chi connectivity index (χ3v) is 4.02. The first-order chi connectivity index (χ1) is 11.6. The van der Waals surface area contributed by atoms with E-state index >= 15 is 0 Å². The number of anilines is 1. The third kappa shape index (κ3) is 4.03. The highest BCUT2D eigenvalue weighted by molar-refractivity contribution is 9.10. The molecule has 3 nitrogen and oxygen atoms in total. The van der Waals surface area contributed by atoms with Crippen molar-refractivity contribution >= 4 is 33.6 Å². The second kappa shape index (κ2) is 7.32. The van der Waals surface area contributed by atoms with Crippen LogP contribution in [0.1, 0.15) is 11.3 Å². The molecule has 24 heavy (non-hydrogen) atoms. The summed E-state index contributed by atoms with van der Waals surface area (Å²) < 4.78 is 6.72. The number of halogens is 1. The fraction of sp³-hybridized carbons (Fsp3) is 0.0500. The summed E-state index contributed by atoms with van der Waals surface area (Å²) in [5.74, 6) is 1.22. The van der Waals surface area contributed by atoms with Gasteiger partial charge < -0.3 is 9.73 Å². The van der Waals surface area contributed by atoms with Crippen molar-refractivity contribution in [3.05, 3.63) is 82.5 Å². The van der Waals surface area contributed by atoms with Crippen molar-refractivity contribution in [3.8, 4) is 11.3 Å². The SMILES string of the molecule is Cc1cc(Br)ccc1NC(=O)/C=C/c1ccc(-c2ccccc2)o1. The first-order valence-electron chi connectivity index (χ1n) is 7.52. The van der Waals surface area contributed by atoms with Gasteiger partial charge >= 0.3 is 0 Å². The van der Waals surface area contributed by atoms with Gasteiger partial charge in [-0.25, -0.2) is 0 Å². The zero-order valence-electron chi connectivity index (χ0n) is 13.1. The number of hydrogen-bond donors (Lipinski definition) is 1. The normalized spacial score (nSPS) is 10.9. The Bertz CT molecular complexity index is 882. The Morgan fingerprint density at radius 1 is 1.08 bits per heavy atom. The lowest BCUT2D eigenvalue weighted by atomic mass is 10.2. The molecule has 0 radical (unpaired) electrons. The minimum atomic E-state index is -0.196. The quantitative estimate of drug-likeness (QED) is 0.591. The lowest BCUT2D eigenvalue weighted by Crippen LogP contribution is -2.08. The van der Waals surface area contributed by atoms with Crippen LogP contribution in [-0.2, 0) is 4.79 Å². The predicted molar refractivity (Wildman–Crippen MR) is 101 cm³/mol. The van der Waals surface area contributed by atoms with Crippen LogP contribution >= 0.6 is 15.9 Å². The van der Waals surface area contributed by atoms with Crippen LogP contribution in [0.15, 0.2) is 75.6 Å². The molecule has 2 aromatic carbocycles. The molecule has 0 unspecified atom stereocenters. The number of benzene rings is 2. The van der Waals surface area contributed by atoms with Crippen LogP contribution in [-0.4, -0.2) is 5.91 Å². The summed E-state index contributed by atoms with van der Waals surface area (Å²) >= 11 is 3.41. The van der Waals surface area contributed by atoms with Crippen molar-refractivity contribution in [3.63, 3.8) is 0 Å². The van der Waals surface area contributed by atoms with Crippen LogP contribution in [0.3, 0.4) is 0 Å². The average molecular weight is 382 g/mol. The predicted octanol–water partition coefficient (Wildman–Crippen LogP) is 5.67. The summed E-state index contributed by atoms with van der Waals surface area (Å²) in [7, 11) is 0. The van der Waals surface area contributed by atoms with Crippen LogP contribution < -0.4 is 5.32 Å². The molecule has 0 saturated heterocycles. The van der Waals surface area contributed by atoms with E-state index in [9.17, 15) is 4.79 Å². The molecule has 0 atom stereocenters. The number of furan rings is 1. The van der Waals surface area contributed by atoms with Crippen molar-refractivity contribution in [1.29, 1.82) is 0 Å². The average Bonchev–Trinajstić information content (AvgIpc) is 3.05. The van der Waals surface area contributed by atoms with Crippen molar-refractivity contribution in [2.24, 2.45) is 0 Å². The first kappa shape index (κ1) is 16.3. The van der Waals surface area contributed by atoms with Crippen molar-refractivity contribution in [1.82, 2.24) is 0 Å². The van der Waals surface area contributed by atoms with Gasteiger partial charge in [-0.2, -0.15) is 0 Å². The number of carbonyl (C=O) groups excluding carboxylic acids is 1. The fourth-order valence-electron chi connectivity index (χ4n) is 2.30. The van der Waals surface area contributed by atoms with Gasteiger partial charge in [-0.05, 0) is 48.9 Å². The Balaban J connectivity index is 1.67. The number of carbonyl (C=O) groups is 1. The highest BCUT2D eigenvalue weighted by Crippen LogP contribution is 2.23. The first-order valence-corrected chi connectivity index (χ1v) is 8.31. The molecule has 1 amide bonds. The molecule has 0 bridgehead atoms. The second-order valence-electron chi connectivity index (χ2n) is 5.35. The van der Waals surface area contributed by atoms with Crippen LogP contribution in [0.4, 0.5) is 5.69 Å². The Morgan fingerprint density at radius 2 is 1.88 bits per heavy atom. The van der Waals surface area contributed by atoms with Crippen LogP contribution in [0.5, 0.6) is 0 Å². The van der Waals surface area contributed by atoms with Gasteiger partial charge in [0.1, 0.15) is 11.5 Å². The Kier molecular flexibility index (Phi) is 4.96. The summed E-state index contributed by atoms with van der Waals surface area (Å²) in [5, 5.41) is 2.86. The van der Waals surface area contributed by atoms with Gasteiger partial charge in [-0.3, -0.25) is 4.79 Å². The van der Waals surface area contributed by atoms with Gasteiger partial charge in [0.2, 0.25) is 5.91 Å². The molecular formula is C20H16BrNO2. The van der Waals surface area contributed by atoms with Gasteiger partial charge in [0, 0.05) is 21.8 Å².